The smallest absolute Gasteiger partial charge is 0.118 e. The van der Waals surface area contributed by atoms with Gasteiger partial charge in [0.1, 0.15) is 5.84 Å². The molecule has 0 bridgehead atoms. The molecule has 0 saturated carbocycles. The van der Waals surface area contributed by atoms with Crippen molar-refractivity contribution < 1.29 is 0 Å². The summed E-state index contributed by atoms with van der Waals surface area (Å²) in [7, 11) is 1.66. The second-order valence-corrected chi connectivity index (χ2v) is 4.92. The number of amidine groups is 1. The number of hydrogen-bond acceptors (Lipinski definition) is 3. The normalized spacial score (nSPS) is 19.0. The summed E-state index contributed by atoms with van der Waals surface area (Å²) < 4.78 is 0. The van der Waals surface area contributed by atoms with Crippen LogP contribution in [0.2, 0.25) is 0 Å². The molecule has 0 spiro atoms. The Labute approximate surface area is 105 Å². The first-order valence-corrected chi connectivity index (χ1v) is 6.45. The molecule has 2 rings (SSSR count). The monoisotopic (exact) mass is 245 g/mol. The van der Waals surface area contributed by atoms with Crippen LogP contribution in [-0.2, 0) is 0 Å². The summed E-state index contributed by atoms with van der Waals surface area (Å²) in [4.78, 5) is 5.09. The van der Waals surface area contributed by atoms with Crippen molar-refractivity contribution in [2.24, 2.45) is 10.7 Å². The average Bonchev–Trinajstić information content (AvgIpc) is 2.51. The Morgan fingerprint density at radius 3 is 3.00 bits per heavy atom. The van der Waals surface area contributed by atoms with Gasteiger partial charge in [0.15, 0.2) is 0 Å². The van der Waals surface area contributed by atoms with Gasteiger partial charge in [-0.05, 0) is 24.1 Å². The van der Waals surface area contributed by atoms with E-state index in [2.05, 4.69) is 11.1 Å². The van der Waals surface area contributed by atoms with Crippen LogP contribution in [0.3, 0.4) is 0 Å². The molecule has 17 heavy (non-hydrogen) atoms. The second-order valence-electron chi connectivity index (χ2n) is 3.79. The Bertz CT molecular complexity index is 503. The number of nitrogens with zero attached hydrogens (tertiary/aromatic N) is 1. The number of aliphatic imine (C=N–C) groups is 1. The van der Waals surface area contributed by atoms with Gasteiger partial charge in [-0.1, -0.05) is 18.2 Å². The maximum absolute atomic E-state index is 8.24. The summed E-state index contributed by atoms with van der Waals surface area (Å²) in [6.07, 6.45) is 2.67. The van der Waals surface area contributed by atoms with E-state index in [1.807, 2.05) is 24.3 Å². The highest BCUT2D eigenvalue weighted by atomic mass is 32.2. The van der Waals surface area contributed by atoms with E-state index < -0.39 is 0 Å². The summed E-state index contributed by atoms with van der Waals surface area (Å²) in [6.45, 7) is 0. The summed E-state index contributed by atoms with van der Waals surface area (Å²) in [5.74, 6) is 1.46. The van der Waals surface area contributed by atoms with E-state index in [-0.39, 0.29) is 0 Å². The number of nitrogens with one attached hydrogen (secondary N) is 1. The van der Waals surface area contributed by atoms with Crippen LogP contribution in [0.4, 0.5) is 0 Å². The molecule has 1 aromatic rings. The zero-order chi connectivity index (χ0) is 12.3. The van der Waals surface area contributed by atoms with E-state index in [0.29, 0.717) is 11.5 Å². The van der Waals surface area contributed by atoms with Crippen molar-refractivity contribution in [2.45, 2.75) is 11.3 Å². The molecule has 1 aromatic carbocycles. The van der Waals surface area contributed by atoms with Gasteiger partial charge >= 0.3 is 0 Å². The Kier molecular flexibility index (Phi) is 3.64. The SMILES string of the molecule is CN=C(N)/C=C1/CCSc2ccccc2C1=N. The minimum atomic E-state index is 0.481. The highest BCUT2D eigenvalue weighted by Crippen LogP contribution is 2.30. The zero-order valence-electron chi connectivity index (χ0n) is 9.73. The fraction of sp³-hybridized carbons (Fsp3) is 0.231. The molecule has 0 saturated heterocycles. The molecule has 1 aliphatic heterocycles. The molecule has 3 N–H and O–H groups in total. The summed E-state index contributed by atoms with van der Waals surface area (Å²) in [6, 6.07) is 8.03. The predicted octanol–water partition coefficient (Wildman–Crippen LogP) is 2.46. The average molecular weight is 245 g/mol. The Morgan fingerprint density at radius 1 is 1.47 bits per heavy atom. The lowest BCUT2D eigenvalue weighted by molar-refractivity contribution is 1.19. The highest BCUT2D eigenvalue weighted by Gasteiger charge is 2.16. The van der Waals surface area contributed by atoms with E-state index >= 15 is 0 Å². The fourth-order valence-corrected chi connectivity index (χ4v) is 2.80. The van der Waals surface area contributed by atoms with Gasteiger partial charge < -0.3 is 5.73 Å². The molecule has 0 amide bonds. The molecule has 1 heterocycles. The molecule has 0 radical (unpaired) electrons. The van der Waals surface area contributed by atoms with Gasteiger partial charge in [-0.2, -0.15) is 0 Å². The molecule has 3 nitrogen and oxygen atoms in total. The standard InChI is InChI=1S/C13H15N3S/c1-16-12(14)8-9-6-7-17-11-5-3-2-4-10(11)13(9)15/h2-5,8,15H,6-7H2,1H3,(H2,14,16)/b9-8-,15-13?. The quantitative estimate of drug-likeness (QED) is 0.589. The van der Waals surface area contributed by atoms with Gasteiger partial charge in [-0.15, -0.1) is 11.8 Å². The van der Waals surface area contributed by atoms with Gasteiger partial charge in [-0.25, -0.2) is 0 Å². The van der Waals surface area contributed by atoms with Crippen molar-refractivity contribution in [1.29, 1.82) is 5.41 Å². The van der Waals surface area contributed by atoms with E-state index in [4.69, 9.17) is 11.1 Å². The third-order valence-corrected chi connectivity index (χ3v) is 3.76. The van der Waals surface area contributed by atoms with Crippen LogP contribution in [0.25, 0.3) is 0 Å². The minimum Gasteiger partial charge on any atom is -0.384 e. The lowest BCUT2D eigenvalue weighted by Crippen LogP contribution is -2.12. The summed E-state index contributed by atoms with van der Waals surface area (Å²) in [5, 5.41) is 8.24. The summed E-state index contributed by atoms with van der Waals surface area (Å²) >= 11 is 1.79. The van der Waals surface area contributed by atoms with Crippen LogP contribution < -0.4 is 5.73 Å². The third-order valence-electron chi connectivity index (χ3n) is 2.69. The number of rotatable bonds is 1. The van der Waals surface area contributed by atoms with Crippen LogP contribution in [0.1, 0.15) is 12.0 Å². The largest absolute Gasteiger partial charge is 0.384 e. The first-order chi connectivity index (χ1) is 8.22. The van der Waals surface area contributed by atoms with Crippen molar-refractivity contribution in [3.05, 3.63) is 41.5 Å². The Balaban J connectivity index is 2.42. The molecular formula is C13H15N3S. The first-order valence-electron chi connectivity index (χ1n) is 5.46. The lowest BCUT2D eigenvalue weighted by atomic mass is 10.00. The second kappa shape index (κ2) is 5.19. The van der Waals surface area contributed by atoms with Crippen molar-refractivity contribution in [3.8, 4) is 0 Å². The molecule has 88 valence electrons. The molecule has 1 aliphatic rings. The van der Waals surface area contributed by atoms with Crippen molar-refractivity contribution in [2.75, 3.05) is 12.8 Å². The topological polar surface area (TPSA) is 62.2 Å². The molecular weight excluding hydrogens is 230 g/mol. The van der Waals surface area contributed by atoms with Crippen LogP contribution in [0.15, 0.2) is 45.8 Å². The van der Waals surface area contributed by atoms with Crippen molar-refractivity contribution in [1.82, 2.24) is 0 Å². The van der Waals surface area contributed by atoms with Crippen molar-refractivity contribution in [3.63, 3.8) is 0 Å². The van der Waals surface area contributed by atoms with Gasteiger partial charge in [-0.3, -0.25) is 10.4 Å². The molecule has 0 aromatic heterocycles. The van der Waals surface area contributed by atoms with E-state index in [9.17, 15) is 0 Å². The van der Waals surface area contributed by atoms with Crippen LogP contribution in [-0.4, -0.2) is 24.3 Å². The predicted molar refractivity (Wildman–Crippen MR) is 74.2 cm³/mol. The molecule has 0 unspecified atom stereocenters. The molecule has 4 heteroatoms. The van der Waals surface area contributed by atoms with Gasteiger partial charge in [0.25, 0.3) is 0 Å². The molecule has 0 aliphatic carbocycles. The number of allylic oxidation sites excluding steroid dienone is 1. The zero-order valence-corrected chi connectivity index (χ0v) is 10.6. The fourth-order valence-electron chi connectivity index (χ4n) is 1.76. The lowest BCUT2D eigenvalue weighted by Gasteiger charge is -2.07. The van der Waals surface area contributed by atoms with Gasteiger partial charge in [0.2, 0.25) is 0 Å². The Morgan fingerprint density at radius 2 is 2.24 bits per heavy atom. The minimum absolute atomic E-state index is 0.481. The number of hydrogen-bond donors (Lipinski definition) is 2. The van der Waals surface area contributed by atoms with E-state index in [1.54, 1.807) is 18.8 Å². The van der Waals surface area contributed by atoms with Gasteiger partial charge in [0.05, 0.1) is 5.71 Å². The number of fused-ring (bicyclic) bond motifs is 1. The van der Waals surface area contributed by atoms with E-state index in [0.717, 1.165) is 23.3 Å². The number of nitrogens with two attached hydrogens (primary N) is 1. The van der Waals surface area contributed by atoms with Crippen molar-refractivity contribution >= 4 is 23.3 Å². The highest BCUT2D eigenvalue weighted by molar-refractivity contribution is 7.99. The third kappa shape index (κ3) is 2.58. The molecule has 0 fully saturated rings. The van der Waals surface area contributed by atoms with Crippen LogP contribution >= 0.6 is 11.8 Å². The van der Waals surface area contributed by atoms with Gasteiger partial charge in [0, 0.05) is 23.3 Å². The van der Waals surface area contributed by atoms with Crippen LogP contribution in [0.5, 0.6) is 0 Å². The number of benzene rings is 1. The van der Waals surface area contributed by atoms with E-state index in [1.165, 1.54) is 4.90 Å². The maximum Gasteiger partial charge on any atom is 0.118 e. The maximum atomic E-state index is 8.24. The Hall–Kier alpha value is -1.55. The van der Waals surface area contributed by atoms with Crippen LogP contribution in [0, 0.1) is 5.41 Å². The number of thioether (sulfide) groups is 1. The molecule has 0 atom stereocenters. The first kappa shape index (κ1) is 11.9. The summed E-state index contributed by atoms with van der Waals surface area (Å²) in [5.41, 5.74) is 8.23.